The highest BCUT2D eigenvalue weighted by molar-refractivity contribution is 6.20. The van der Waals surface area contributed by atoms with Gasteiger partial charge in [0.2, 0.25) is 0 Å². The molecule has 2 nitrogen and oxygen atoms in total. The first-order chi connectivity index (χ1) is 3.30. The number of nitrogens with zero attached hydrogens (tertiary/aromatic N) is 1. The van der Waals surface area contributed by atoms with Crippen molar-refractivity contribution in [2.24, 2.45) is 0 Å². The molecule has 0 amide bonds. The van der Waals surface area contributed by atoms with Crippen molar-refractivity contribution in [1.82, 2.24) is 10.4 Å². The summed E-state index contributed by atoms with van der Waals surface area (Å²) >= 11 is 5.69. The molecule has 0 spiro atoms. The number of rotatable bonds is 0. The van der Waals surface area contributed by atoms with Gasteiger partial charge >= 0.3 is 0 Å². The Balaban J connectivity index is 2.33. The van der Waals surface area contributed by atoms with Crippen LogP contribution in [-0.2, 0) is 0 Å². The Kier molecular flexibility index (Phi) is 1.52. The van der Waals surface area contributed by atoms with Gasteiger partial charge in [-0.3, -0.25) is 0 Å². The van der Waals surface area contributed by atoms with Crippen LogP contribution in [0.25, 0.3) is 0 Å². The van der Waals surface area contributed by atoms with Crippen LogP contribution in [-0.4, -0.2) is 17.6 Å². The predicted molar refractivity (Wildman–Crippen MR) is 29.5 cm³/mol. The SMILES string of the molecule is CN1N[CH]CC1Cl. The monoisotopic (exact) mass is 119 g/mol. The van der Waals surface area contributed by atoms with E-state index in [0.717, 1.165) is 6.42 Å². The van der Waals surface area contributed by atoms with Crippen molar-refractivity contribution in [2.45, 2.75) is 11.9 Å². The molecule has 3 heteroatoms. The maximum atomic E-state index is 5.69. The highest BCUT2D eigenvalue weighted by Crippen LogP contribution is 2.11. The fraction of sp³-hybridized carbons (Fsp3) is 0.750. The Morgan fingerprint density at radius 2 is 2.71 bits per heavy atom. The average molecular weight is 120 g/mol. The predicted octanol–water partition coefficient (Wildman–Crippen LogP) is 0.553. The fourth-order valence-electron chi connectivity index (χ4n) is 0.533. The van der Waals surface area contributed by atoms with Gasteiger partial charge < -0.3 is 0 Å². The van der Waals surface area contributed by atoms with Gasteiger partial charge in [-0.1, -0.05) is 0 Å². The van der Waals surface area contributed by atoms with Crippen LogP contribution in [0.15, 0.2) is 0 Å². The van der Waals surface area contributed by atoms with Crippen molar-refractivity contribution in [1.29, 1.82) is 0 Å². The number of hydrazine groups is 1. The standard InChI is InChI=1S/C4H8ClN2/c1-7-4(5)2-3-6-7/h3-4,6H,2H2,1H3. The summed E-state index contributed by atoms with van der Waals surface area (Å²) in [5, 5.41) is 1.86. The Bertz CT molecular complexity index is 58.7. The molecule has 1 aliphatic rings. The van der Waals surface area contributed by atoms with E-state index in [9.17, 15) is 0 Å². The molecule has 0 aromatic rings. The van der Waals surface area contributed by atoms with E-state index in [-0.39, 0.29) is 5.50 Å². The van der Waals surface area contributed by atoms with Crippen molar-refractivity contribution in [3.8, 4) is 0 Å². The highest BCUT2D eigenvalue weighted by Gasteiger charge is 2.16. The van der Waals surface area contributed by atoms with Crippen LogP contribution < -0.4 is 5.43 Å². The molecule has 1 saturated heterocycles. The molecule has 0 aromatic heterocycles. The van der Waals surface area contributed by atoms with E-state index in [4.69, 9.17) is 11.6 Å². The summed E-state index contributed by atoms with van der Waals surface area (Å²) in [6, 6.07) is 0. The van der Waals surface area contributed by atoms with E-state index in [2.05, 4.69) is 5.43 Å². The molecule has 1 N–H and O–H groups in total. The topological polar surface area (TPSA) is 15.3 Å². The molecule has 1 rings (SSSR count). The first kappa shape index (κ1) is 5.35. The molecule has 1 fully saturated rings. The highest BCUT2D eigenvalue weighted by atomic mass is 35.5. The summed E-state index contributed by atoms with van der Waals surface area (Å²) in [5.74, 6) is 0. The number of nitrogens with one attached hydrogen (secondary N) is 1. The molecule has 1 unspecified atom stereocenters. The minimum Gasteiger partial charge on any atom is -0.249 e. The Labute approximate surface area is 48.4 Å². The molecule has 0 aliphatic carbocycles. The second kappa shape index (κ2) is 1.99. The second-order valence-electron chi connectivity index (χ2n) is 1.61. The molecule has 0 aromatic carbocycles. The van der Waals surface area contributed by atoms with Gasteiger partial charge in [0, 0.05) is 13.6 Å². The van der Waals surface area contributed by atoms with E-state index in [1.165, 1.54) is 0 Å². The van der Waals surface area contributed by atoms with Crippen molar-refractivity contribution in [2.75, 3.05) is 7.05 Å². The quantitative estimate of drug-likeness (QED) is 0.370. The fourth-order valence-corrected chi connectivity index (χ4v) is 0.678. The molecule has 0 saturated carbocycles. The van der Waals surface area contributed by atoms with E-state index in [1.807, 2.05) is 18.6 Å². The molecule has 1 heterocycles. The number of alkyl halides is 1. The number of hydrogen-bond acceptors (Lipinski definition) is 2. The van der Waals surface area contributed by atoms with Crippen LogP contribution in [0, 0.1) is 6.54 Å². The summed E-state index contributed by atoms with van der Waals surface area (Å²) in [6.07, 6.45) is 0.929. The van der Waals surface area contributed by atoms with Crippen LogP contribution in [0.5, 0.6) is 0 Å². The molecular weight excluding hydrogens is 112 g/mol. The van der Waals surface area contributed by atoms with Gasteiger partial charge in [-0.2, -0.15) is 0 Å². The third-order valence-corrected chi connectivity index (χ3v) is 1.50. The van der Waals surface area contributed by atoms with Gasteiger partial charge in [0.05, 0.1) is 5.50 Å². The molecule has 1 atom stereocenters. The summed E-state index contributed by atoms with van der Waals surface area (Å²) < 4.78 is 0. The van der Waals surface area contributed by atoms with Crippen LogP contribution in [0.3, 0.4) is 0 Å². The molecule has 1 aliphatic heterocycles. The lowest BCUT2D eigenvalue weighted by Crippen LogP contribution is -2.28. The van der Waals surface area contributed by atoms with Crippen LogP contribution in [0.4, 0.5) is 0 Å². The van der Waals surface area contributed by atoms with E-state index >= 15 is 0 Å². The lowest BCUT2D eigenvalue weighted by molar-refractivity contribution is 0.300. The van der Waals surface area contributed by atoms with E-state index < -0.39 is 0 Å². The smallest absolute Gasteiger partial charge is 0.0994 e. The lowest BCUT2D eigenvalue weighted by Gasteiger charge is -2.09. The van der Waals surface area contributed by atoms with Gasteiger partial charge in [-0.15, -0.1) is 11.6 Å². The molecule has 1 radical (unpaired) electrons. The average Bonchev–Trinajstić information content (AvgIpc) is 1.91. The minimum atomic E-state index is 0.153. The van der Waals surface area contributed by atoms with Gasteiger partial charge in [-0.05, 0) is 6.42 Å². The summed E-state index contributed by atoms with van der Waals surface area (Å²) in [7, 11) is 1.92. The third-order valence-electron chi connectivity index (χ3n) is 1.03. The summed E-state index contributed by atoms with van der Waals surface area (Å²) in [6.45, 7) is 1.94. The van der Waals surface area contributed by atoms with Crippen LogP contribution >= 0.6 is 11.6 Å². The Hall–Kier alpha value is 0.210. The van der Waals surface area contributed by atoms with Crippen molar-refractivity contribution in [3.63, 3.8) is 0 Å². The summed E-state index contributed by atoms with van der Waals surface area (Å²) in [5.41, 5.74) is 3.10. The molecule has 7 heavy (non-hydrogen) atoms. The maximum absolute atomic E-state index is 5.69. The second-order valence-corrected chi connectivity index (χ2v) is 2.12. The maximum Gasteiger partial charge on any atom is 0.0994 e. The molecular formula is C4H8ClN2. The van der Waals surface area contributed by atoms with Gasteiger partial charge in [0.1, 0.15) is 0 Å². The largest absolute Gasteiger partial charge is 0.249 e. The Morgan fingerprint density at radius 1 is 2.00 bits per heavy atom. The normalized spacial score (nSPS) is 34.3. The number of hydrogen-bond donors (Lipinski definition) is 1. The van der Waals surface area contributed by atoms with Crippen molar-refractivity contribution in [3.05, 3.63) is 6.54 Å². The third kappa shape index (κ3) is 1.06. The van der Waals surface area contributed by atoms with Crippen molar-refractivity contribution >= 4 is 11.6 Å². The zero-order chi connectivity index (χ0) is 5.28. The first-order valence-corrected chi connectivity index (χ1v) is 2.69. The zero-order valence-electron chi connectivity index (χ0n) is 4.19. The lowest BCUT2D eigenvalue weighted by atomic mass is 10.5. The van der Waals surface area contributed by atoms with E-state index in [0.29, 0.717) is 0 Å². The number of halogens is 1. The van der Waals surface area contributed by atoms with Crippen molar-refractivity contribution < 1.29 is 0 Å². The molecule has 41 valence electrons. The summed E-state index contributed by atoms with van der Waals surface area (Å²) in [4.78, 5) is 0. The van der Waals surface area contributed by atoms with Gasteiger partial charge in [0.25, 0.3) is 0 Å². The van der Waals surface area contributed by atoms with Crippen LogP contribution in [0.2, 0.25) is 0 Å². The van der Waals surface area contributed by atoms with Gasteiger partial charge in [-0.25, -0.2) is 10.4 Å². The minimum absolute atomic E-state index is 0.153. The van der Waals surface area contributed by atoms with Crippen LogP contribution in [0.1, 0.15) is 6.42 Å². The first-order valence-electron chi connectivity index (χ1n) is 2.25. The molecule has 0 bridgehead atoms. The van der Waals surface area contributed by atoms with Gasteiger partial charge in [0.15, 0.2) is 0 Å². The Morgan fingerprint density at radius 3 is 2.86 bits per heavy atom. The van der Waals surface area contributed by atoms with E-state index in [1.54, 1.807) is 0 Å². The zero-order valence-corrected chi connectivity index (χ0v) is 4.94.